The average Bonchev–Trinajstić information content (AvgIpc) is 3.41. The van der Waals surface area contributed by atoms with Gasteiger partial charge in [-0.15, -0.1) is 17.5 Å². The maximum atomic E-state index is 11.7. The van der Waals surface area contributed by atoms with Gasteiger partial charge < -0.3 is 9.51 Å². The minimum atomic E-state index is -1.96. The monoisotopic (exact) mass is 780 g/mol. The predicted molar refractivity (Wildman–Crippen MR) is 180 cm³/mol. The number of pyridine rings is 1. The Labute approximate surface area is 273 Å². The minimum absolute atomic E-state index is 0. The quantitative estimate of drug-likeness (QED) is 0.0453. The molecule has 8 heteroatoms. The number of imidazole rings is 1. The third-order valence-electron chi connectivity index (χ3n) is 9.40. The average molecular weight is 780 g/mol. The van der Waals surface area contributed by atoms with E-state index in [4.69, 9.17) is 4.98 Å². The van der Waals surface area contributed by atoms with E-state index < -0.39 is 8.07 Å². The van der Waals surface area contributed by atoms with Crippen LogP contribution in [0.5, 0.6) is 0 Å². The van der Waals surface area contributed by atoms with Gasteiger partial charge in [0.15, 0.2) is 5.78 Å². The third-order valence-corrected chi connectivity index (χ3v) is 12.9. The van der Waals surface area contributed by atoms with Gasteiger partial charge in [0.1, 0.15) is 20.0 Å². The van der Waals surface area contributed by atoms with Crippen molar-refractivity contribution in [1.29, 1.82) is 0 Å². The number of hydrogen-bond acceptors (Lipinski definition) is 5. The van der Waals surface area contributed by atoms with Gasteiger partial charge in [-0.2, -0.15) is 0 Å². The number of para-hydroxylation sites is 1. The first-order chi connectivity index (χ1) is 20.8. The van der Waals surface area contributed by atoms with Crippen LogP contribution >= 0.6 is 0 Å². The van der Waals surface area contributed by atoms with Crippen LogP contribution in [0, 0.1) is 17.9 Å². The number of aliphatic hydroxyl groups excluding tert-OH is 1. The standard InChI is InChI=1S/C23H15N4Si.C13H24O2.Ir/c1-28(2)18-9-5-8-17-21(18)27-20-15(10-13-6-3-4-7-14(13)22(20)28)19-16(23(27)26-17)11-24-12-25-19;1-5-10(6-2)12(14)9-13(15)11(7-3)8-4;/h3-9,11-12H,1-2H3;9-11,14H,5-8H2,1-4H3;/q-1;;/b;12-9-;. The molecule has 44 heavy (non-hydrogen) atoms. The number of nitrogens with zero attached hydrogens (tertiary/aromatic N) is 4. The van der Waals surface area contributed by atoms with Gasteiger partial charge in [-0.1, -0.05) is 87.1 Å². The van der Waals surface area contributed by atoms with Crippen molar-refractivity contribution in [3.63, 3.8) is 0 Å². The van der Waals surface area contributed by atoms with Crippen LogP contribution in [0.3, 0.4) is 0 Å². The summed E-state index contributed by atoms with van der Waals surface area (Å²) in [7, 11) is -1.96. The summed E-state index contributed by atoms with van der Waals surface area (Å²) in [4.78, 5) is 25.7. The molecule has 1 aliphatic heterocycles. The van der Waals surface area contributed by atoms with Crippen molar-refractivity contribution in [1.82, 2.24) is 19.4 Å². The number of hydrogen-bond donors (Lipinski definition) is 1. The van der Waals surface area contributed by atoms with E-state index in [-0.39, 0.29) is 43.5 Å². The van der Waals surface area contributed by atoms with E-state index in [1.807, 2.05) is 33.9 Å². The van der Waals surface area contributed by atoms with Crippen LogP contribution in [0.4, 0.5) is 0 Å². The van der Waals surface area contributed by atoms with Crippen LogP contribution in [0.1, 0.15) is 53.4 Å². The van der Waals surface area contributed by atoms with Crippen LogP contribution in [0.25, 0.3) is 49.3 Å². The van der Waals surface area contributed by atoms with Crippen molar-refractivity contribution < 1.29 is 30.0 Å². The number of fused-ring (bicyclic) bond motifs is 5. The molecule has 6 aromatic rings. The van der Waals surface area contributed by atoms with E-state index in [1.165, 1.54) is 32.9 Å². The number of carbonyl (C=O) groups excluding carboxylic acids is 1. The first-order valence-electron chi connectivity index (χ1n) is 15.5. The molecule has 0 amide bonds. The van der Waals surface area contributed by atoms with Gasteiger partial charge in [-0.3, -0.25) is 9.78 Å². The van der Waals surface area contributed by atoms with Crippen LogP contribution in [-0.4, -0.2) is 38.3 Å². The molecule has 0 atom stereocenters. The molecule has 4 heterocycles. The molecule has 6 nitrogen and oxygen atoms in total. The largest absolute Gasteiger partial charge is 0.512 e. The number of allylic oxidation sites excluding steroid dienone is 2. The van der Waals surface area contributed by atoms with E-state index in [1.54, 1.807) is 6.33 Å². The SMILES string of the molecule is CCC(CC)C(=O)/C=C(\O)C(CC)CC.C[Si]1(C)c2cccc3nc4c5cncnc5c5[c-]c6ccccc6c1c5n4c23.[Ir]. The summed E-state index contributed by atoms with van der Waals surface area (Å²) >= 11 is 0. The van der Waals surface area contributed by atoms with Crippen molar-refractivity contribution >= 4 is 73.5 Å². The fourth-order valence-electron chi connectivity index (χ4n) is 6.92. The molecule has 0 saturated carbocycles. The molecular formula is C36H39IrN4O2Si-. The molecule has 0 spiro atoms. The second-order valence-corrected chi connectivity index (χ2v) is 16.4. The fraction of sp³-hybridized carbons (Fsp3) is 0.333. The smallest absolute Gasteiger partial charge is 0.162 e. The zero-order valence-corrected chi connectivity index (χ0v) is 29.6. The normalized spacial score (nSPS) is 13.9. The Morgan fingerprint density at radius 2 is 1.66 bits per heavy atom. The molecule has 3 aromatic carbocycles. The Hall–Kier alpha value is -3.45. The Morgan fingerprint density at radius 1 is 0.955 bits per heavy atom. The molecule has 7 rings (SSSR count). The van der Waals surface area contributed by atoms with Crippen LogP contribution < -0.4 is 10.4 Å². The summed E-state index contributed by atoms with van der Waals surface area (Å²) in [5, 5.41) is 17.2. The summed E-state index contributed by atoms with van der Waals surface area (Å²) in [6.45, 7) is 13.0. The number of ketones is 1. The predicted octanol–water partition coefficient (Wildman–Crippen LogP) is 7.54. The van der Waals surface area contributed by atoms with Gasteiger partial charge in [-0.05, 0) is 42.5 Å². The van der Waals surface area contributed by atoms with Crippen molar-refractivity contribution in [3.8, 4) is 0 Å². The number of carbonyl (C=O) groups is 1. The van der Waals surface area contributed by atoms with Gasteiger partial charge in [0.2, 0.25) is 0 Å². The summed E-state index contributed by atoms with van der Waals surface area (Å²) in [5.74, 6) is 0.547. The van der Waals surface area contributed by atoms with E-state index >= 15 is 0 Å². The van der Waals surface area contributed by atoms with Gasteiger partial charge in [-0.25, -0.2) is 9.97 Å². The van der Waals surface area contributed by atoms with Gasteiger partial charge in [0.25, 0.3) is 0 Å². The minimum Gasteiger partial charge on any atom is -0.512 e. The molecule has 0 bridgehead atoms. The molecule has 3 aromatic heterocycles. The topological polar surface area (TPSA) is 80.4 Å². The number of aromatic nitrogens is 4. The number of benzene rings is 3. The second kappa shape index (κ2) is 12.5. The summed E-state index contributed by atoms with van der Waals surface area (Å²) in [5.41, 5.74) is 5.42. The Balaban J connectivity index is 0.000000209. The van der Waals surface area contributed by atoms with Gasteiger partial charge in [0.05, 0.1) is 16.8 Å². The third kappa shape index (κ3) is 4.97. The maximum absolute atomic E-state index is 11.7. The van der Waals surface area contributed by atoms with Crippen molar-refractivity contribution in [3.05, 3.63) is 72.9 Å². The van der Waals surface area contributed by atoms with E-state index in [0.717, 1.165) is 58.5 Å². The summed E-state index contributed by atoms with van der Waals surface area (Å²) in [6.07, 6.45) is 8.42. The Kier molecular flexibility index (Phi) is 9.08. The fourth-order valence-corrected chi connectivity index (χ4v) is 10.3. The second-order valence-electron chi connectivity index (χ2n) is 12.1. The van der Waals surface area contributed by atoms with Gasteiger partial charge in [0, 0.05) is 55.1 Å². The van der Waals surface area contributed by atoms with Crippen molar-refractivity contribution in [2.24, 2.45) is 11.8 Å². The molecule has 1 N–H and O–H groups in total. The van der Waals surface area contributed by atoms with Crippen LogP contribution in [-0.2, 0) is 24.9 Å². The molecule has 0 unspecified atom stereocenters. The molecule has 229 valence electrons. The van der Waals surface area contributed by atoms with E-state index in [2.05, 4.69) is 76.0 Å². The van der Waals surface area contributed by atoms with Gasteiger partial charge >= 0.3 is 0 Å². The maximum Gasteiger partial charge on any atom is 0.162 e. The molecule has 0 saturated heterocycles. The van der Waals surface area contributed by atoms with Crippen LogP contribution in [0.15, 0.2) is 66.8 Å². The van der Waals surface area contributed by atoms with E-state index in [9.17, 15) is 9.90 Å². The Bertz CT molecular complexity index is 2060. The molecule has 1 aliphatic rings. The van der Waals surface area contributed by atoms with Crippen molar-refractivity contribution in [2.75, 3.05) is 0 Å². The molecular weight excluding hydrogens is 741 g/mol. The van der Waals surface area contributed by atoms with E-state index in [0.29, 0.717) is 0 Å². The zero-order chi connectivity index (χ0) is 30.5. The number of rotatable bonds is 7. The summed E-state index contributed by atoms with van der Waals surface area (Å²) in [6, 6.07) is 18.9. The molecule has 1 radical (unpaired) electrons. The number of aliphatic hydroxyl groups is 1. The van der Waals surface area contributed by atoms with Crippen LogP contribution in [0.2, 0.25) is 13.1 Å². The first-order valence-corrected chi connectivity index (χ1v) is 18.5. The summed E-state index contributed by atoms with van der Waals surface area (Å²) < 4.78 is 2.35. The van der Waals surface area contributed by atoms with Crippen molar-refractivity contribution in [2.45, 2.75) is 66.5 Å². The zero-order valence-electron chi connectivity index (χ0n) is 26.2. The first kappa shape index (κ1) is 32.0. The molecule has 0 fully saturated rings. The Morgan fingerprint density at radius 3 is 2.36 bits per heavy atom. The molecule has 0 aliphatic carbocycles.